The first-order valence-electron chi connectivity index (χ1n) is 8.02. The number of nitrogens with one attached hydrogen (secondary N) is 2. The van der Waals surface area contributed by atoms with Crippen LogP contribution in [0.25, 0.3) is 0 Å². The molecule has 1 aromatic rings. The van der Waals surface area contributed by atoms with Crippen molar-refractivity contribution in [2.75, 3.05) is 13.8 Å². The third-order valence-corrected chi connectivity index (χ3v) is 4.85. The van der Waals surface area contributed by atoms with E-state index in [0.29, 0.717) is 0 Å². The van der Waals surface area contributed by atoms with Gasteiger partial charge in [-0.15, -0.1) is 0 Å². The fourth-order valence-corrected chi connectivity index (χ4v) is 4.04. The van der Waals surface area contributed by atoms with Crippen molar-refractivity contribution in [2.45, 2.75) is 32.2 Å². The van der Waals surface area contributed by atoms with Gasteiger partial charge in [0, 0.05) is 17.7 Å². The summed E-state index contributed by atoms with van der Waals surface area (Å²) in [6, 6.07) is 3.42. The molecule has 0 aromatic carbocycles. The highest BCUT2D eigenvalue weighted by molar-refractivity contribution is 5.59. The fourth-order valence-electron chi connectivity index (χ4n) is 4.04. The monoisotopic (exact) mass is 330 g/mol. The number of carbonyl (C=O) groups excluding carboxylic acids is 1. The van der Waals surface area contributed by atoms with Crippen molar-refractivity contribution in [1.29, 1.82) is 0 Å². The standard InChI is InChI=1S/C18H22N2O4/c1-4-13-12-7-11(2)9-18(13,19-10-24-17(22)23-3)14-5-6-16(21)20-15(14)8-12/h4-7,12,19H,8-10H2,1-3H3,(H,20,21)/b13-4+. The number of ether oxygens (including phenoxy) is 2. The number of hydrogen-bond donors (Lipinski definition) is 2. The Labute approximate surface area is 140 Å². The van der Waals surface area contributed by atoms with Crippen LogP contribution in [-0.2, 0) is 21.4 Å². The normalized spacial score (nSPS) is 26.5. The van der Waals surface area contributed by atoms with E-state index in [1.807, 2.05) is 13.0 Å². The third-order valence-electron chi connectivity index (χ3n) is 4.85. The quantitative estimate of drug-likeness (QED) is 0.505. The molecule has 1 heterocycles. The maximum atomic E-state index is 11.7. The first kappa shape index (κ1) is 16.5. The lowest BCUT2D eigenvalue weighted by molar-refractivity contribution is 0.0571. The Morgan fingerprint density at radius 1 is 1.50 bits per heavy atom. The zero-order chi connectivity index (χ0) is 17.3. The predicted molar refractivity (Wildman–Crippen MR) is 89.6 cm³/mol. The topological polar surface area (TPSA) is 80.4 Å². The Kier molecular flexibility index (Phi) is 4.32. The first-order valence-corrected chi connectivity index (χ1v) is 8.02. The molecule has 2 aliphatic carbocycles. The molecule has 0 aliphatic heterocycles. The molecule has 0 spiro atoms. The van der Waals surface area contributed by atoms with Crippen molar-refractivity contribution in [3.8, 4) is 0 Å². The summed E-state index contributed by atoms with van der Waals surface area (Å²) in [5, 5.41) is 3.38. The number of pyridine rings is 1. The van der Waals surface area contributed by atoms with Gasteiger partial charge in [-0.1, -0.05) is 17.7 Å². The number of rotatable bonds is 3. The maximum absolute atomic E-state index is 11.7. The first-order chi connectivity index (χ1) is 11.5. The van der Waals surface area contributed by atoms with Gasteiger partial charge < -0.3 is 14.5 Å². The van der Waals surface area contributed by atoms with Gasteiger partial charge in [0.05, 0.1) is 12.6 Å². The van der Waals surface area contributed by atoms with Gasteiger partial charge in [-0.2, -0.15) is 0 Å². The second-order valence-electron chi connectivity index (χ2n) is 6.28. The van der Waals surface area contributed by atoms with E-state index >= 15 is 0 Å². The lowest BCUT2D eigenvalue weighted by Crippen LogP contribution is -2.52. The number of aromatic amines is 1. The summed E-state index contributed by atoms with van der Waals surface area (Å²) >= 11 is 0. The van der Waals surface area contributed by atoms with Crippen LogP contribution in [0.5, 0.6) is 0 Å². The van der Waals surface area contributed by atoms with E-state index in [9.17, 15) is 9.59 Å². The average Bonchev–Trinajstić information content (AvgIpc) is 2.53. The highest BCUT2D eigenvalue weighted by atomic mass is 16.7. The van der Waals surface area contributed by atoms with Crippen LogP contribution in [0, 0.1) is 5.92 Å². The minimum absolute atomic E-state index is 0.0303. The van der Waals surface area contributed by atoms with E-state index < -0.39 is 11.7 Å². The zero-order valence-corrected chi connectivity index (χ0v) is 14.1. The van der Waals surface area contributed by atoms with Gasteiger partial charge in [-0.25, -0.2) is 4.79 Å². The van der Waals surface area contributed by atoms with Gasteiger partial charge in [0.2, 0.25) is 5.56 Å². The number of methoxy groups -OCH3 is 1. The third kappa shape index (κ3) is 2.67. The zero-order valence-electron chi connectivity index (χ0n) is 14.1. The smallest absolute Gasteiger partial charge is 0.438 e. The molecule has 128 valence electrons. The summed E-state index contributed by atoms with van der Waals surface area (Å²) in [6.07, 6.45) is 5.17. The Balaban J connectivity index is 2.05. The van der Waals surface area contributed by atoms with Crippen LogP contribution >= 0.6 is 0 Å². The largest absolute Gasteiger partial charge is 0.509 e. The molecule has 0 fully saturated rings. The lowest BCUT2D eigenvalue weighted by Gasteiger charge is -2.48. The molecule has 0 radical (unpaired) electrons. The lowest BCUT2D eigenvalue weighted by atomic mass is 9.63. The van der Waals surface area contributed by atoms with Crippen LogP contribution in [0.4, 0.5) is 4.79 Å². The molecular formula is C18H22N2O4. The Morgan fingerprint density at radius 3 is 3.00 bits per heavy atom. The van der Waals surface area contributed by atoms with Gasteiger partial charge in [0.1, 0.15) is 6.73 Å². The van der Waals surface area contributed by atoms with E-state index in [0.717, 1.165) is 24.1 Å². The van der Waals surface area contributed by atoms with Gasteiger partial charge >= 0.3 is 6.16 Å². The van der Waals surface area contributed by atoms with E-state index in [1.54, 1.807) is 6.07 Å². The van der Waals surface area contributed by atoms with Crippen LogP contribution in [0.3, 0.4) is 0 Å². The van der Waals surface area contributed by atoms with Gasteiger partial charge in [0.15, 0.2) is 0 Å². The van der Waals surface area contributed by atoms with Crippen LogP contribution in [0.15, 0.2) is 40.2 Å². The molecule has 0 amide bonds. The van der Waals surface area contributed by atoms with E-state index in [4.69, 9.17) is 4.74 Å². The van der Waals surface area contributed by atoms with Crippen LogP contribution < -0.4 is 10.9 Å². The van der Waals surface area contributed by atoms with Gasteiger partial charge in [-0.05, 0) is 43.9 Å². The maximum Gasteiger partial charge on any atom is 0.509 e. The summed E-state index contributed by atoms with van der Waals surface area (Å²) in [6.45, 7) is 4.15. The summed E-state index contributed by atoms with van der Waals surface area (Å²) in [4.78, 5) is 26.0. The molecule has 2 bridgehead atoms. The number of allylic oxidation sites excluding steroid dienone is 2. The van der Waals surface area contributed by atoms with E-state index in [1.165, 1.54) is 18.3 Å². The van der Waals surface area contributed by atoms with Crippen molar-refractivity contribution in [3.63, 3.8) is 0 Å². The molecule has 2 aliphatic rings. The summed E-state index contributed by atoms with van der Waals surface area (Å²) < 4.78 is 9.58. The molecule has 0 saturated carbocycles. The Hall–Kier alpha value is -2.34. The minimum Gasteiger partial charge on any atom is -0.438 e. The number of aromatic nitrogens is 1. The van der Waals surface area contributed by atoms with Crippen molar-refractivity contribution in [3.05, 3.63) is 57.0 Å². The Bertz CT molecular complexity index is 777. The molecule has 2 unspecified atom stereocenters. The van der Waals surface area contributed by atoms with Crippen LogP contribution in [-0.4, -0.2) is 25.0 Å². The molecule has 3 rings (SSSR count). The van der Waals surface area contributed by atoms with Crippen LogP contribution in [0.2, 0.25) is 0 Å². The summed E-state index contributed by atoms with van der Waals surface area (Å²) in [7, 11) is 1.28. The molecule has 24 heavy (non-hydrogen) atoms. The number of carbonyl (C=O) groups is 1. The molecule has 2 N–H and O–H groups in total. The van der Waals surface area contributed by atoms with Crippen molar-refractivity contribution < 1.29 is 14.3 Å². The van der Waals surface area contributed by atoms with Gasteiger partial charge in [-0.3, -0.25) is 10.1 Å². The average molecular weight is 330 g/mol. The second-order valence-corrected chi connectivity index (χ2v) is 6.28. The van der Waals surface area contributed by atoms with E-state index in [-0.39, 0.29) is 18.2 Å². The summed E-state index contributed by atoms with van der Waals surface area (Å²) in [5.41, 5.74) is 3.90. The second kappa shape index (κ2) is 6.28. The molecule has 6 heteroatoms. The van der Waals surface area contributed by atoms with Crippen molar-refractivity contribution >= 4 is 6.16 Å². The van der Waals surface area contributed by atoms with Crippen molar-refractivity contribution in [2.24, 2.45) is 5.92 Å². The predicted octanol–water partition coefficient (Wildman–Crippen LogP) is 2.37. The molecule has 2 atom stereocenters. The SMILES string of the molecule is C/C=C1\C2C=C(C)CC1(NCOC(=O)OC)c1ccc(=O)[nH]c1C2. The number of H-pyrrole nitrogens is 1. The summed E-state index contributed by atoms with van der Waals surface area (Å²) in [5.74, 6) is 0.222. The van der Waals surface area contributed by atoms with Crippen molar-refractivity contribution in [1.82, 2.24) is 10.3 Å². The highest BCUT2D eigenvalue weighted by Gasteiger charge is 2.46. The number of hydrogen-bond acceptors (Lipinski definition) is 5. The molecular weight excluding hydrogens is 308 g/mol. The fraction of sp³-hybridized carbons (Fsp3) is 0.444. The minimum atomic E-state index is -0.724. The van der Waals surface area contributed by atoms with Crippen LogP contribution in [0.1, 0.15) is 31.5 Å². The molecule has 1 aromatic heterocycles. The Morgan fingerprint density at radius 2 is 2.29 bits per heavy atom. The molecule has 6 nitrogen and oxygen atoms in total. The number of fused-ring (bicyclic) bond motifs is 4. The van der Waals surface area contributed by atoms with Gasteiger partial charge in [0.25, 0.3) is 0 Å². The highest BCUT2D eigenvalue weighted by Crippen LogP contribution is 2.49. The van der Waals surface area contributed by atoms with E-state index in [2.05, 4.69) is 34.1 Å². The molecule has 0 saturated heterocycles.